The number of halogens is 3. The van der Waals surface area contributed by atoms with Crippen LogP contribution >= 0.6 is 0 Å². The number of alkyl halides is 3. The summed E-state index contributed by atoms with van der Waals surface area (Å²) >= 11 is 0. The number of rotatable bonds is 6. The van der Waals surface area contributed by atoms with Crippen LogP contribution in [-0.2, 0) is 19.1 Å². The summed E-state index contributed by atoms with van der Waals surface area (Å²) in [4.78, 5) is 35.2. The van der Waals surface area contributed by atoms with Gasteiger partial charge in [-0.1, -0.05) is 11.8 Å². The monoisotopic (exact) mass is 508 g/mol. The molecule has 0 aromatic heterocycles. The highest BCUT2D eigenvalue weighted by atomic mass is 19.4. The summed E-state index contributed by atoms with van der Waals surface area (Å²) in [5, 5.41) is 13.0. The maximum absolute atomic E-state index is 12.5. The van der Waals surface area contributed by atoms with Crippen molar-refractivity contribution in [2.75, 3.05) is 13.7 Å². The number of ether oxygens (including phenoxy) is 2. The average molecular weight is 508 g/mol. The zero-order valence-corrected chi connectivity index (χ0v) is 20.0. The molecule has 0 saturated heterocycles. The van der Waals surface area contributed by atoms with Crippen molar-refractivity contribution in [3.8, 4) is 23.7 Å². The molecule has 2 rings (SSSR count). The normalized spacial score (nSPS) is 20.2. The lowest BCUT2D eigenvalue weighted by Gasteiger charge is -2.28. The summed E-state index contributed by atoms with van der Waals surface area (Å²) in [6, 6.07) is 5.09. The summed E-state index contributed by atoms with van der Waals surface area (Å²) < 4.78 is 45.6. The van der Waals surface area contributed by atoms with Crippen LogP contribution in [0.25, 0.3) is 0 Å². The number of carbonyl (C=O) groups excluding carboxylic acids is 3. The highest BCUT2D eigenvalue weighted by molar-refractivity contribution is 5.97. The fourth-order valence-corrected chi connectivity index (χ4v) is 3.49. The van der Waals surface area contributed by atoms with Crippen LogP contribution in [0.2, 0.25) is 0 Å². The van der Waals surface area contributed by atoms with Gasteiger partial charge in [-0.15, -0.1) is 0 Å². The van der Waals surface area contributed by atoms with E-state index in [0.29, 0.717) is 12.0 Å². The Labute approximate surface area is 206 Å². The SMILES string of the molecule is COC(=O)[C@@H](NC(=O)c1ccc(C#CC#CC2(O)CCC(COC(=O)C(F)(F)F)C2)cc1)C(C)(C)N. The molecule has 4 N–H and O–H groups in total. The Balaban J connectivity index is 1.95. The molecule has 36 heavy (non-hydrogen) atoms. The lowest BCUT2D eigenvalue weighted by molar-refractivity contribution is -0.200. The predicted octanol–water partition coefficient (Wildman–Crippen LogP) is 1.69. The molecule has 0 heterocycles. The van der Waals surface area contributed by atoms with Gasteiger partial charge >= 0.3 is 18.1 Å². The summed E-state index contributed by atoms with van der Waals surface area (Å²) in [6.07, 6.45) is -4.43. The molecule has 1 saturated carbocycles. The minimum atomic E-state index is -5.06. The zero-order valence-electron chi connectivity index (χ0n) is 20.0. The third-order valence-corrected chi connectivity index (χ3v) is 5.44. The van der Waals surface area contributed by atoms with Crippen LogP contribution in [0.3, 0.4) is 0 Å². The van der Waals surface area contributed by atoms with E-state index in [4.69, 9.17) is 5.73 Å². The van der Waals surface area contributed by atoms with Crippen molar-refractivity contribution in [2.24, 2.45) is 11.7 Å². The molecule has 1 aliphatic rings. The zero-order chi connectivity index (χ0) is 27.1. The van der Waals surface area contributed by atoms with E-state index in [1.165, 1.54) is 19.2 Å². The standard InChI is InChI=1S/C25H27F3N2O6/c1-23(2,29)19(21(32)35-3)30-20(31)18-9-7-16(8-10-18)6-4-5-12-24(34)13-11-17(14-24)15-36-22(33)25(26,27)28/h7-10,17,19,34H,11,13-15,29H2,1-3H3,(H,30,31)/t17?,19-,24?/m1/s1. The Hall–Kier alpha value is -3.54. The van der Waals surface area contributed by atoms with Gasteiger partial charge in [0.25, 0.3) is 5.91 Å². The summed E-state index contributed by atoms with van der Waals surface area (Å²) in [6.45, 7) is 2.72. The molecule has 0 bridgehead atoms. The van der Waals surface area contributed by atoms with Crippen molar-refractivity contribution in [3.05, 3.63) is 35.4 Å². The third-order valence-electron chi connectivity index (χ3n) is 5.44. The van der Waals surface area contributed by atoms with Gasteiger partial charge in [-0.25, -0.2) is 9.59 Å². The number of aliphatic hydroxyl groups is 1. The number of amides is 1. The van der Waals surface area contributed by atoms with Crippen LogP contribution < -0.4 is 11.1 Å². The Morgan fingerprint density at radius 3 is 2.42 bits per heavy atom. The topological polar surface area (TPSA) is 128 Å². The van der Waals surface area contributed by atoms with Crippen molar-refractivity contribution >= 4 is 17.8 Å². The van der Waals surface area contributed by atoms with Crippen LogP contribution in [0, 0.1) is 29.6 Å². The molecule has 1 aromatic rings. The van der Waals surface area contributed by atoms with Gasteiger partial charge in [0.2, 0.25) is 0 Å². The first-order chi connectivity index (χ1) is 16.6. The second kappa shape index (κ2) is 11.5. The number of nitrogens with two attached hydrogens (primary N) is 1. The molecule has 1 fully saturated rings. The Morgan fingerprint density at radius 1 is 1.22 bits per heavy atom. The van der Waals surface area contributed by atoms with Gasteiger partial charge in [-0.3, -0.25) is 4.79 Å². The number of carbonyl (C=O) groups is 3. The molecule has 8 nitrogen and oxygen atoms in total. The van der Waals surface area contributed by atoms with Crippen LogP contribution in [0.15, 0.2) is 24.3 Å². The smallest absolute Gasteiger partial charge is 0.467 e. The van der Waals surface area contributed by atoms with E-state index in [0.717, 1.165) is 0 Å². The van der Waals surface area contributed by atoms with Gasteiger partial charge in [0.1, 0.15) is 11.6 Å². The Morgan fingerprint density at radius 2 is 1.86 bits per heavy atom. The summed E-state index contributed by atoms with van der Waals surface area (Å²) in [5.74, 6) is 6.58. The van der Waals surface area contributed by atoms with E-state index in [9.17, 15) is 32.7 Å². The van der Waals surface area contributed by atoms with Crippen LogP contribution in [-0.4, -0.2) is 60.0 Å². The first-order valence-electron chi connectivity index (χ1n) is 10.9. The minimum Gasteiger partial charge on any atom is -0.467 e. The molecule has 11 heteroatoms. The van der Waals surface area contributed by atoms with E-state index < -0.39 is 53.7 Å². The van der Waals surface area contributed by atoms with Crippen molar-refractivity contribution in [1.82, 2.24) is 5.32 Å². The molecule has 194 valence electrons. The van der Waals surface area contributed by atoms with E-state index in [1.54, 1.807) is 26.0 Å². The average Bonchev–Trinajstić information content (AvgIpc) is 3.18. The van der Waals surface area contributed by atoms with Gasteiger partial charge in [0, 0.05) is 16.7 Å². The van der Waals surface area contributed by atoms with Gasteiger partial charge < -0.3 is 25.6 Å². The molecular weight excluding hydrogens is 481 g/mol. The highest BCUT2D eigenvalue weighted by Crippen LogP contribution is 2.34. The van der Waals surface area contributed by atoms with E-state index in [1.807, 2.05) is 0 Å². The fourth-order valence-electron chi connectivity index (χ4n) is 3.49. The number of methoxy groups -OCH3 is 1. The number of nitrogens with one attached hydrogen (secondary N) is 1. The largest absolute Gasteiger partial charge is 0.490 e. The molecule has 1 aromatic carbocycles. The molecule has 0 radical (unpaired) electrons. The van der Waals surface area contributed by atoms with Crippen LogP contribution in [0.1, 0.15) is 49.0 Å². The second-order valence-corrected chi connectivity index (χ2v) is 9.06. The molecule has 1 amide bonds. The quantitative estimate of drug-likeness (QED) is 0.394. The predicted molar refractivity (Wildman–Crippen MR) is 122 cm³/mol. The van der Waals surface area contributed by atoms with Gasteiger partial charge in [0.15, 0.2) is 0 Å². The van der Waals surface area contributed by atoms with E-state index >= 15 is 0 Å². The van der Waals surface area contributed by atoms with Gasteiger partial charge in [-0.2, -0.15) is 13.2 Å². The molecule has 0 spiro atoms. The fraction of sp³-hybridized carbons (Fsp3) is 0.480. The van der Waals surface area contributed by atoms with Crippen LogP contribution in [0.4, 0.5) is 13.2 Å². The van der Waals surface area contributed by atoms with Crippen molar-refractivity contribution in [1.29, 1.82) is 0 Å². The lowest BCUT2D eigenvalue weighted by atomic mass is 9.95. The Kier molecular flexibility index (Phi) is 9.14. The van der Waals surface area contributed by atoms with Crippen molar-refractivity contribution < 1.29 is 42.1 Å². The first kappa shape index (κ1) is 28.7. The Bertz CT molecular complexity index is 1100. The summed E-state index contributed by atoms with van der Waals surface area (Å²) in [5.41, 5.74) is 4.26. The number of hydrogen-bond donors (Lipinski definition) is 3. The second-order valence-electron chi connectivity index (χ2n) is 9.06. The molecule has 1 aliphatic carbocycles. The maximum atomic E-state index is 12.5. The number of esters is 2. The molecule has 0 aliphatic heterocycles. The van der Waals surface area contributed by atoms with E-state index in [-0.39, 0.29) is 18.4 Å². The first-order valence-corrected chi connectivity index (χ1v) is 10.9. The van der Waals surface area contributed by atoms with Crippen molar-refractivity contribution in [3.63, 3.8) is 0 Å². The van der Waals surface area contributed by atoms with Crippen LogP contribution in [0.5, 0.6) is 0 Å². The molecule has 3 atom stereocenters. The maximum Gasteiger partial charge on any atom is 0.490 e. The highest BCUT2D eigenvalue weighted by Gasteiger charge is 2.42. The van der Waals surface area contributed by atoms with Gasteiger partial charge in [-0.05, 0) is 75.1 Å². The third kappa shape index (κ3) is 8.29. The molecular formula is C25H27F3N2O6. The molecule has 2 unspecified atom stereocenters. The number of hydrogen-bond acceptors (Lipinski definition) is 7. The number of benzene rings is 1. The van der Waals surface area contributed by atoms with Crippen molar-refractivity contribution in [2.45, 2.75) is 56.5 Å². The minimum absolute atomic E-state index is 0.0583. The summed E-state index contributed by atoms with van der Waals surface area (Å²) in [7, 11) is 1.20. The lowest BCUT2D eigenvalue weighted by Crippen LogP contribution is -2.59. The van der Waals surface area contributed by atoms with E-state index in [2.05, 4.69) is 38.5 Å². The van der Waals surface area contributed by atoms with Gasteiger partial charge in [0.05, 0.1) is 13.7 Å².